The van der Waals surface area contributed by atoms with Crippen molar-refractivity contribution in [1.82, 2.24) is 0 Å². The van der Waals surface area contributed by atoms with Crippen LogP contribution in [-0.4, -0.2) is 4.92 Å². The third-order valence-corrected chi connectivity index (χ3v) is 2.26. The molecule has 0 bridgehead atoms. The summed E-state index contributed by atoms with van der Waals surface area (Å²) in [4.78, 5) is 10.2. The van der Waals surface area contributed by atoms with E-state index in [2.05, 4.69) is 0 Å². The standard InChI is InChI=1S/C12H11N2O2.ClH/c15-14(16)12-6-4-5-11(9-12)10-13-7-2-1-3-8-13;/h1-9H,10H2;1H/q+1;. The van der Waals surface area contributed by atoms with Crippen molar-refractivity contribution in [2.24, 2.45) is 0 Å². The van der Waals surface area contributed by atoms with Crippen molar-refractivity contribution >= 4 is 18.1 Å². The number of nitrogens with zero attached hydrogens (tertiary/aromatic N) is 2. The number of nitro groups is 1. The molecule has 0 fully saturated rings. The monoisotopic (exact) mass is 251 g/mol. The molecule has 17 heavy (non-hydrogen) atoms. The molecule has 2 aromatic rings. The summed E-state index contributed by atoms with van der Waals surface area (Å²) < 4.78 is 1.97. The van der Waals surface area contributed by atoms with Crippen molar-refractivity contribution in [2.45, 2.75) is 6.54 Å². The van der Waals surface area contributed by atoms with E-state index in [1.165, 1.54) is 6.07 Å². The number of nitro benzene ring substituents is 1. The Morgan fingerprint density at radius 3 is 2.47 bits per heavy atom. The SMILES string of the molecule is Cl.O=[N+]([O-])c1cccc(C[n+]2ccccc2)c1. The number of rotatable bonds is 3. The summed E-state index contributed by atoms with van der Waals surface area (Å²) >= 11 is 0. The van der Waals surface area contributed by atoms with Crippen LogP contribution >= 0.6 is 12.4 Å². The number of benzene rings is 1. The number of non-ortho nitro benzene ring substituents is 1. The van der Waals surface area contributed by atoms with Gasteiger partial charge in [-0.3, -0.25) is 10.1 Å². The van der Waals surface area contributed by atoms with Crippen LogP contribution in [0.4, 0.5) is 5.69 Å². The van der Waals surface area contributed by atoms with E-state index in [-0.39, 0.29) is 23.0 Å². The first-order valence-corrected chi connectivity index (χ1v) is 4.93. The van der Waals surface area contributed by atoms with Gasteiger partial charge in [0.2, 0.25) is 0 Å². The molecule has 0 amide bonds. The molecule has 0 saturated heterocycles. The lowest BCUT2D eigenvalue weighted by molar-refractivity contribution is -0.688. The van der Waals surface area contributed by atoms with E-state index in [1.54, 1.807) is 12.1 Å². The van der Waals surface area contributed by atoms with Gasteiger partial charge >= 0.3 is 0 Å². The van der Waals surface area contributed by atoms with Gasteiger partial charge in [-0.15, -0.1) is 12.4 Å². The van der Waals surface area contributed by atoms with Crippen LogP contribution < -0.4 is 4.57 Å². The van der Waals surface area contributed by atoms with Crippen LogP contribution in [0.25, 0.3) is 0 Å². The zero-order valence-corrected chi connectivity index (χ0v) is 9.84. The molecule has 0 spiro atoms. The minimum absolute atomic E-state index is 0. The largest absolute Gasteiger partial charge is 0.269 e. The predicted octanol–water partition coefficient (Wildman–Crippen LogP) is 2.35. The lowest BCUT2D eigenvalue weighted by Gasteiger charge is -1.97. The third kappa shape index (κ3) is 3.53. The third-order valence-electron chi connectivity index (χ3n) is 2.26. The van der Waals surface area contributed by atoms with Crippen LogP contribution in [0.2, 0.25) is 0 Å². The van der Waals surface area contributed by atoms with Crippen LogP contribution in [0.15, 0.2) is 54.9 Å². The lowest BCUT2D eigenvalue weighted by Crippen LogP contribution is -2.32. The summed E-state index contributed by atoms with van der Waals surface area (Å²) in [6, 6.07) is 12.5. The highest BCUT2D eigenvalue weighted by Gasteiger charge is 2.08. The lowest BCUT2D eigenvalue weighted by atomic mass is 10.2. The minimum Gasteiger partial charge on any atom is -0.258 e. The molecule has 0 aliphatic heterocycles. The first-order valence-electron chi connectivity index (χ1n) is 4.93. The van der Waals surface area contributed by atoms with Gasteiger partial charge in [-0.25, -0.2) is 4.57 Å². The summed E-state index contributed by atoms with van der Waals surface area (Å²) in [6.07, 6.45) is 3.86. The molecule has 1 aromatic heterocycles. The van der Waals surface area contributed by atoms with E-state index in [0.717, 1.165) is 5.56 Å². The molecular formula is C12H12ClN2O2+. The molecule has 0 radical (unpaired) electrons. The fraction of sp³-hybridized carbons (Fsp3) is 0.0833. The van der Waals surface area contributed by atoms with E-state index >= 15 is 0 Å². The van der Waals surface area contributed by atoms with E-state index in [1.807, 2.05) is 41.2 Å². The Balaban J connectivity index is 0.00000144. The van der Waals surface area contributed by atoms with E-state index in [4.69, 9.17) is 0 Å². The molecule has 88 valence electrons. The molecule has 2 rings (SSSR count). The van der Waals surface area contributed by atoms with Gasteiger partial charge in [0, 0.05) is 29.8 Å². The topological polar surface area (TPSA) is 47.0 Å². The number of hydrogen-bond donors (Lipinski definition) is 0. The number of aromatic nitrogens is 1. The number of hydrogen-bond acceptors (Lipinski definition) is 2. The number of halogens is 1. The van der Waals surface area contributed by atoms with E-state index in [9.17, 15) is 10.1 Å². The molecule has 0 aliphatic carbocycles. The van der Waals surface area contributed by atoms with Gasteiger partial charge in [-0.05, 0) is 0 Å². The second kappa shape index (κ2) is 5.96. The van der Waals surface area contributed by atoms with Gasteiger partial charge in [-0.2, -0.15) is 0 Å². The molecule has 4 nitrogen and oxygen atoms in total. The molecule has 1 aromatic carbocycles. The Hall–Kier alpha value is -1.94. The smallest absolute Gasteiger partial charge is 0.258 e. The van der Waals surface area contributed by atoms with Gasteiger partial charge < -0.3 is 0 Å². The quantitative estimate of drug-likeness (QED) is 0.478. The molecule has 0 unspecified atom stereocenters. The summed E-state index contributed by atoms with van der Waals surface area (Å²) in [5.41, 5.74) is 1.06. The van der Waals surface area contributed by atoms with Gasteiger partial charge in [-0.1, -0.05) is 18.2 Å². The van der Waals surface area contributed by atoms with Crippen molar-refractivity contribution in [1.29, 1.82) is 0 Å². The zero-order valence-electron chi connectivity index (χ0n) is 9.02. The zero-order chi connectivity index (χ0) is 11.4. The van der Waals surface area contributed by atoms with E-state index < -0.39 is 0 Å². The summed E-state index contributed by atoms with van der Waals surface area (Å²) in [5, 5.41) is 10.6. The minimum atomic E-state index is -0.376. The van der Waals surface area contributed by atoms with Gasteiger partial charge in [0.15, 0.2) is 18.9 Å². The van der Waals surface area contributed by atoms with Crippen LogP contribution in [0.1, 0.15) is 5.56 Å². The Bertz CT molecular complexity index is 503. The molecule has 0 saturated carbocycles. The fourth-order valence-corrected chi connectivity index (χ4v) is 1.52. The summed E-state index contributed by atoms with van der Waals surface area (Å²) in [6.45, 7) is 0.641. The highest BCUT2D eigenvalue weighted by atomic mass is 35.5. The fourth-order valence-electron chi connectivity index (χ4n) is 1.52. The normalized spacial score (nSPS) is 9.41. The van der Waals surface area contributed by atoms with Crippen LogP contribution in [0.3, 0.4) is 0 Å². The van der Waals surface area contributed by atoms with Crippen molar-refractivity contribution in [3.8, 4) is 0 Å². The molecule has 5 heteroatoms. The molecule has 0 atom stereocenters. The van der Waals surface area contributed by atoms with Crippen LogP contribution in [0, 0.1) is 10.1 Å². The summed E-state index contributed by atoms with van der Waals surface area (Å²) in [7, 11) is 0. The second-order valence-electron chi connectivity index (χ2n) is 3.47. The van der Waals surface area contributed by atoms with Gasteiger partial charge in [0.05, 0.1) is 4.92 Å². The van der Waals surface area contributed by atoms with Crippen molar-refractivity contribution in [2.75, 3.05) is 0 Å². The maximum atomic E-state index is 10.6. The summed E-state index contributed by atoms with van der Waals surface area (Å²) in [5.74, 6) is 0. The molecule has 0 aliphatic rings. The van der Waals surface area contributed by atoms with Crippen LogP contribution in [-0.2, 0) is 6.54 Å². The average molecular weight is 252 g/mol. The highest BCUT2D eigenvalue weighted by molar-refractivity contribution is 5.85. The van der Waals surface area contributed by atoms with Gasteiger partial charge in [0.25, 0.3) is 5.69 Å². The van der Waals surface area contributed by atoms with Crippen LogP contribution in [0.5, 0.6) is 0 Å². The van der Waals surface area contributed by atoms with Crippen molar-refractivity contribution in [3.63, 3.8) is 0 Å². The first-order chi connectivity index (χ1) is 7.75. The van der Waals surface area contributed by atoms with Gasteiger partial charge in [0.1, 0.15) is 0 Å². The number of pyridine rings is 1. The average Bonchev–Trinajstić information content (AvgIpc) is 2.30. The molecule has 1 heterocycles. The highest BCUT2D eigenvalue weighted by Crippen LogP contribution is 2.12. The van der Waals surface area contributed by atoms with E-state index in [0.29, 0.717) is 6.54 Å². The first kappa shape index (κ1) is 13.1. The maximum absolute atomic E-state index is 10.6. The second-order valence-corrected chi connectivity index (χ2v) is 3.47. The maximum Gasteiger partial charge on any atom is 0.269 e. The molecule has 0 N–H and O–H groups in total. The Morgan fingerprint density at radius 2 is 1.82 bits per heavy atom. The molecular weight excluding hydrogens is 240 g/mol. The van der Waals surface area contributed by atoms with Crippen molar-refractivity contribution < 1.29 is 9.49 Å². The Morgan fingerprint density at radius 1 is 1.12 bits per heavy atom. The van der Waals surface area contributed by atoms with Crippen molar-refractivity contribution in [3.05, 3.63) is 70.5 Å². The Labute approximate surface area is 105 Å². The predicted molar refractivity (Wildman–Crippen MR) is 66.1 cm³/mol. The Kier molecular flexibility index (Phi) is 4.60.